The molecule has 1 aliphatic rings. The minimum Gasteiger partial charge on any atom is -0.476 e. The van der Waals surface area contributed by atoms with Crippen LogP contribution in [0, 0.1) is 11.6 Å². The number of nitrogens with one attached hydrogen (secondary N) is 1. The fraction of sp³-hybridized carbons (Fsp3) is 0.278. The molecule has 0 spiro atoms. The molecule has 3 rings (SSSR count). The third-order valence-electron chi connectivity index (χ3n) is 4.04. The number of ether oxygens (including phenoxy) is 1. The number of carbonyl (C=O) groups excluding carboxylic acids is 1. The number of para-hydroxylation sites is 2. The van der Waals surface area contributed by atoms with E-state index in [0.29, 0.717) is 19.0 Å². The van der Waals surface area contributed by atoms with Crippen LogP contribution in [0.1, 0.15) is 13.3 Å². The van der Waals surface area contributed by atoms with Gasteiger partial charge in [0.25, 0.3) is 15.9 Å². The van der Waals surface area contributed by atoms with Crippen molar-refractivity contribution in [3.63, 3.8) is 0 Å². The molecule has 1 N–H and O–H groups in total. The average Bonchev–Trinajstić information content (AvgIpc) is 2.64. The maximum Gasteiger partial charge on any atom is 0.267 e. The minimum absolute atomic E-state index is 0.181. The predicted molar refractivity (Wildman–Crippen MR) is 95.0 cm³/mol. The summed E-state index contributed by atoms with van der Waals surface area (Å²) in [6.45, 7) is 1.97. The van der Waals surface area contributed by atoms with E-state index in [1.807, 2.05) is 6.92 Å². The van der Waals surface area contributed by atoms with Gasteiger partial charge in [0.1, 0.15) is 22.3 Å². The summed E-state index contributed by atoms with van der Waals surface area (Å²) < 4.78 is 60.0. The first-order chi connectivity index (χ1) is 12.8. The van der Waals surface area contributed by atoms with Crippen LogP contribution in [0.5, 0.6) is 5.75 Å². The van der Waals surface area contributed by atoms with E-state index in [1.165, 1.54) is 12.1 Å². The van der Waals surface area contributed by atoms with E-state index >= 15 is 0 Å². The summed E-state index contributed by atoms with van der Waals surface area (Å²) in [5.41, 5.74) is 0.181. The summed E-state index contributed by atoms with van der Waals surface area (Å²) >= 11 is 0. The molecule has 0 bridgehead atoms. The molecule has 6 nitrogen and oxygen atoms in total. The van der Waals surface area contributed by atoms with E-state index in [4.69, 9.17) is 4.74 Å². The number of rotatable bonds is 5. The summed E-state index contributed by atoms with van der Waals surface area (Å²) in [4.78, 5) is 11.6. The van der Waals surface area contributed by atoms with Crippen LogP contribution in [0.4, 0.5) is 14.5 Å². The lowest BCUT2D eigenvalue weighted by Crippen LogP contribution is -2.50. The molecule has 0 aliphatic carbocycles. The van der Waals surface area contributed by atoms with E-state index in [1.54, 1.807) is 12.1 Å². The monoisotopic (exact) mass is 396 g/mol. The molecule has 1 heterocycles. The van der Waals surface area contributed by atoms with Crippen molar-refractivity contribution in [2.75, 3.05) is 17.4 Å². The third-order valence-corrected chi connectivity index (χ3v) is 5.85. The highest BCUT2D eigenvalue weighted by Gasteiger charge is 2.38. The minimum atomic E-state index is -4.38. The normalized spacial score (nSPS) is 16.4. The molecule has 1 aliphatic heterocycles. The van der Waals surface area contributed by atoms with Gasteiger partial charge in [0.05, 0.1) is 12.2 Å². The SMILES string of the molecule is CCCNC(=O)C1CN(S(=O)(=O)c2ccc(F)cc2F)c2ccccc2O1. The van der Waals surface area contributed by atoms with Gasteiger partial charge < -0.3 is 10.1 Å². The molecule has 1 unspecified atom stereocenters. The van der Waals surface area contributed by atoms with Gasteiger partial charge >= 0.3 is 0 Å². The first kappa shape index (κ1) is 19.1. The van der Waals surface area contributed by atoms with Crippen molar-refractivity contribution in [3.8, 4) is 5.75 Å². The molecule has 0 aromatic heterocycles. The van der Waals surface area contributed by atoms with Crippen LogP contribution in [-0.2, 0) is 14.8 Å². The van der Waals surface area contributed by atoms with Crippen molar-refractivity contribution in [3.05, 3.63) is 54.1 Å². The number of halogens is 2. The lowest BCUT2D eigenvalue weighted by molar-refractivity contribution is -0.127. The highest BCUT2D eigenvalue weighted by atomic mass is 32.2. The van der Waals surface area contributed by atoms with Crippen LogP contribution in [-0.4, -0.2) is 33.5 Å². The number of hydrogen-bond acceptors (Lipinski definition) is 4. The number of sulfonamides is 1. The van der Waals surface area contributed by atoms with Gasteiger partial charge in [-0.15, -0.1) is 0 Å². The zero-order chi connectivity index (χ0) is 19.6. The number of benzene rings is 2. The van der Waals surface area contributed by atoms with Gasteiger partial charge in [-0.05, 0) is 30.7 Å². The molecular weight excluding hydrogens is 378 g/mol. The Bertz CT molecular complexity index is 966. The van der Waals surface area contributed by atoms with Crippen molar-refractivity contribution >= 4 is 21.6 Å². The number of amides is 1. The van der Waals surface area contributed by atoms with Crippen molar-refractivity contribution < 1.29 is 26.7 Å². The van der Waals surface area contributed by atoms with E-state index in [9.17, 15) is 22.0 Å². The van der Waals surface area contributed by atoms with Crippen molar-refractivity contribution in [2.45, 2.75) is 24.3 Å². The third kappa shape index (κ3) is 3.73. The Morgan fingerprint density at radius 1 is 1.26 bits per heavy atom. The molecular formula is C18H18F2N2O4S. The molecule has 9 heteroatoms. The summed E-state index contributed by atoms with van der Waals surface area (Å²) in [6.07, 6.45) is -0.387. The largest absolute Gasteiger partial charge is 0.476 e. The van der Waals surface area contributed by atoms with Crippen LogP contribution in [0.2, 0.25) is 0 Å². The molecule has 1 atom stereocenters. The maximum atomic E-state index is 14.1. The fourth-order valence-corrected chi connectivity index (χ4v) is 4.26. The number of anilines is 1. The smallest absolute Gasteiger partial charge is 0.267 e. The summed E-state index contributed by atoms with van der Waals surface area (Å²) in [6, 6.07) is 8.49. The second-order valence-corrected chi connectivity index (χ2v) is 7.81. The molecule has 0 saturated carbocycles. The van der Waals surface area contributed by atoms with Gasteiger partial charge in [-0.3, -0.25) is 9.10 Å². The summed E-state index contributed by atoms with van der Waals surface area (Å²) in [5.74, 6) is -2.37. The second-order valence-electron chi connectivity index (χ2n) is 5.98. The maximum absolute atomic E-state index is 14.1. The fourth-order valence-electron chi connectivity index (χ4n) is 2.73. The zero-order valence-corrected chi connectivity index (χ0v) is 15.3. The Balaban J connectivity index is 2.03. The Morgan fingerprint density at radius 2 is 2.00 bits per heavy atom. The van der Waals surface area contributed by atoms with Crippen molar-refractivity contribution in [2.24, 2.45) is 0 Å². The lowest BCUT2D eigenvalue weighted by atomic mass is 10.2. The van der Waals surface area contributed by atoms with Crippen molar-refractivity contribution in [1.82, 2.24) is 5.32 Å². The predicted octanol–water partition coefficient (Wildman–Crippen LogP) is 2.45. The van der Waals surface area contributed by atoms with Crippen molar-refractivity contribution in [1.29, 1.82) is 0 Å². The highest BCUT2D eigenvalue weighted by molar-refractivity contribution is 7.92. The second kappa shape index (κ2) is 7.51. The lowest BCUT2D eigenvalue weighted by Gasteiger charge is -2.34. The van der Waals surface area contributed by atoms with Crippen LogP contribution in [0.3, 0.4) is 0 Å². The summed E-state index contributed by atoms with van der Waals surface area (Å²) in [7, 11) is -4.38. The Morgan fingerprint density at radius 3 is 2.70 bits per heavy atom. The number of hydrogen-bond donors (Lipinski definition) is 1. The molecule has 0 fully saturated rings. The van der Waals surface area contributed by atoms with Gasteiger partial charge in [-0.2, -0.15) is 0 Å². The van der Waals surface area contributed by atoms with Gasteiger partial charge in [-0.1, -0.05) is 19.1 Å². The number of nitrogens with zero attached hydrogens (tertiary/aromatic N) is 1. The molecule has 0 radical (unpaired) electrons. The Kier molecular flexibility index (Phi) is 5.31. The van der Waals surface area contributed by atoms with Crippen LogP contribution in [0.25, 0.3) is 0 Å². The quantitative estimate of drug-likeness (QED) is 0.842. The van der Waals surface area contributed by atoms with Gasteiger partial charge in [-0.25, -0.2) is 17.2 Å². The first-order valence-electron chi connectivity index (χ1n) is 8.35. The molecule has 144 valence electrons. The molecule has 27 heavy (non-hydrogen) atoms. The molecule has 2 aromatic rings. The van der Waals surface area contributed by atoms with Gasteiger partial charge in [0.15, 0.2) is 6.10 Å². The molecule has 2 aromatic carbocycles. The van der Waals surface area contributed by atoms with E-state index in [0.717, 1.165) is 16.4 Å². The topological polar surface area (TPSA) is 75.7 Å². The van der Waals surface area contributed by atoms with Crippen LogP contribution in [0.15, 0.2) is 47.4 Å². The van der Waals surface area contributed by atoms with E-state index in [-0.39, 0.29) is 18.0 Å². The highest BCUT2D eigenvalue weighted by Crippen LogP contribution is 2.37. The summed E-state index contributed by atoms with van der Waals surface area (Å²) in [5, 5.41) is 2.65. The van der Waals surface area contributed by atoms with Crippen LogP contribution >= 0.6 is 0 Å². The van der Waals surface area contributed by atoms with Gasteiger partial charge in [0.2, 0.25) is 0 Å². The standard InChI is InChI=1S/C18H18F2N2O4S/c1-2-9-21-18(23)16-11-22(14-5-3-4-6-15(14)26-16)27(24,25)17-8-7-12(19)10-13(17)20/h3-8,10,16H,2,9,11H2,1H3,(H,21,23). The Hall–Kier alpha value is -2.68. The molecule has 0 saturated heterocycles. The van der Waals surface area contributed by atoms with E-state index < -0.39 is 38.6 Å². The molecule has 1 amide bonds. The average molecular weight is 396 g/mol. The van der Waals surface area contributed by atoms with Gasteiger partial charge in [0, 0.05) is 12.6 Å². The number of carbonyl (C=O) groups is 1. The number of fused-ring (bicyclic) bond motifs is 1. The Labute approximate surface area is 155 Å². The first-order valence-corrected chi connectivity index (χ1v) is 9.79. The van der Waals surface area contributed by atoms with E-state index in [2.05, 4.69) is 5.32 Å². The zero-order valence-electron chi connectivity index (χ0n) is 14.5. The van der Waals surface area contributed by atoms with Crippen LogP contribution < -0.4 is 14.4 Å².